The average Bonchev–Trinajstić information content (AvgIpc) is 3.17. The molecule has 156 valence electrons. The summed E-state index contributed by atoms with van der Waals surface area (Å²) in [5.74, 6) is -7.95. The van der Waals surface area contributed by atoms with Crippen LogP contribution in [0.25, 0.3) is 0 Å². The van der Waals surface area contributed by atoms with Crippen molar-refractivity contribution in [2.75, 3.05) is 5.32 Å². The predicted molar refractivity (Wildman–Crippen MR) is 95.1 cm³/mol. The number of halogens is 4. The van der Waals surface area contributed by atoms with E-state index in [1.54, 1.807) is 5.32 Å². The molecule has 7 nitrogen and oxygen atoms in total. The average molecular weight is 424 g/mol. The number of furan rings is 1. The largest absolute Gasteiger partial charge is 0.486 e. The van der Waals surface area contributed by atoms with E-state index in [0.717, 1.165) is 0 Å². The second kappa shape index (κ2) is 8.23. The Morgan fingerprint density at radius 2 is 1.77 bits per heavy atom. The number of amides is 1. The van der Waals surface area contributed by atoms with Crippen molar-refractivity contribution in [1.82, 2.24) is 0 Å². The number of nitro groups is 1. The summed E-state index contributed by atoms with van der Waals surface area (Å²) in [7, 11) is 0. The zero-order chi connectivity index (χ0) is 22.0. The first-order chi connectivity index (χ1) is 14.2. The van der Waals surface area contributed by atoms with Crippen LogP contribution in [0, 0.1) is 40.3 Å². The van der Waals surface area contributed by atoms with Crippen LogP contribution in [0.1, 0.15) is 21.9 Å². The molecule has 0 atom stereocenters. The van der Waals surface area contributed by atoms with Crippen LogP contribution in [-0.4, -0.2) is 10.8 Å². The van der Waals surface area contributed by atoms with Crippen molar-refractivity contribution in [3.63, 3.8) is 0 Å². The molecule has 0 aliphatic carbocycles. The summed E-state index contributed by atoms with van der Waals surface area (Å²) in [5.41, 5.74) is -0.982. The van der Waals surface area contributed by atoms with E-state index in [-0.39, 0.29) is 24.1 Å². The van der Waals surface area contributed by atoms with E-state index >= 15 is 0 Å². The maximum absolute atomic E-state index is 13.7. The third-order valence-electron chi connectivity index (χ3n) is 3.98. The summed E-state index contributed by atoms with van der Waals surface area (Å²) in [6.07, 6.45) is 0. The SMILES string of the molecule is Cc1cc(OCc2ccc(C(=O)Nc3c(F)c(F)cc(F)c3F)o2)ccc1[N+](=O)[O-]. The first kappa shape index (κ1) is 20.8. The summed E-state index contributed by atoms with van der Waals surface area (Å²) in [6, 6.07) is 6.62. The molecule has 0 aliphatic heterocycles. The Labute approximate surface area is 166 Å². The normalized spacial score (nSPS) is 10.7. The van der Waals surface area contributed by atoms with E-state index in [1.807, 2.05) is 0 Å². The minimum Gasteiger partial charge on any atom is -0.486 e. The van der Waals surface area contributed by atoms with E-state index in [2.05, 4.69) is 0 Å². The molecule has 0 fully saturated rings. The smallest absolute Gasteiger partial charge is 0.291 e. The number of hydrogen-bond donors (Lipinski definition) is 1. The highest BCUT2D eigenvalue weighted by atomic mass is 19.2. The highest BCUT2D eigenvalue weighted by Crippen LogP contribution is 2.26. The van der Waals surface area contributed by atoms with Crippen molar-refractivity contribution in [2.24, 2.45) is 0 Å². The van der Waals surface area contributed by atoms with Crippen molar-refractivity contribution in [1.29, 1.82) is 0 Å². The second-order valence-electron chi connectivity index (χ2n) is 6.06. The number of aryl methyl sites for hydroxylation is 1. The van der Waals surface area contributed by atoms with Gasteiger partial charge in [-0.1, -0.05) is 0 Å². The Balaban J connectivity index is 1.69. The van der Waals surface area contributed by atoms with Gasteiger partial charge in [0.2, 0.25) is 0 Å². The van der Waals surface area contributed by atoms with Gasteiger partial charge in [0.05, 0.1) is 4.92 Å². The van der Waals surface area contributed by atoms with E-state index in [9.17, 15) is 32.5 Å². The first-order valence-corrected chi connectivity index (χ1v) is 8.28. The summed E-state index contributed by atoms with van der Waals surface area (Å²) < 4.78 is 64.4. The van der Waals surface area contributed by atoms with Gasteiger partial charge in [0.25, 0.3) is 11.6 Å². The number of nitro benzene ring substituents is 1. The van der Waals surface area contributed by atoms with Gasteiger partial charge in [0.1, 0.15) is 23.8 Å². The number of nitrogens with one attached hydrogen (secondary N) is 1. The first-order valence-electron chi connectivity index (χ1n) is 8.28. The van der Waals surface area contributed by atoms with E-state index in [4.69, 9.17) is 9.15 Å². The zero-order valence-corrected chi connectivity index (χ0v) is 15.2. The number of carbonyl (C=O) groups excluding carboxylic acids is 1. The molecule has 3 aromatic rings. The minimum absolute atomic E-state index is 0.0164. The number of benzene rings is 2. The van der Waals surface area contributed by atoms with Gasteiger partial charge in [-0.3, -0.25) is 14.9 Å². The van der Waals surface area contributed by atoms with Crippen LogP contribution in [0.5, 0.6) is 5.75 Å². The Morgan fingerprint density at radius 1 is 1.10 bits per heavy atom. The monoisotopic (exact) mass is 424 g/mol. The molecule has 0 bridgehead atoms. The van der Waals surface area contributed by atoms with Crippen molar-refractivity contribution in [3.8, 4) is 5.75 Å². The highest BCUT2D eigenvalue weighted by molar-refractivity contribution is 6.02. The molecule has 1 N–H and O–H groups in total. The topological polar surface area (TPSA) is 94.6 Å². The van der Waals surface area contributed by atoms with Gasteiger partial charge in [-0.2, -0.15) is 0 Å². The molecule has 0 radical (unpaired) electrons. The van der Waals surface area contributed by atoms with E-state index in [1.165, 1.54) is 37.3 Å². The van der Waals surface area contributed by atoms with Crippen LogP contribution < -0.4 is 10.1 Å². The molecule has 0 aliphatic rings. The molecule has 3 rings (SSSR count). The number of hydrogen-bond acceptors (Lipinski definition) is 5. The Morgan fingerprint density at radius 3 is 2.37 bits per heavy atom. The van der Waals surface area contributed by atoms with Gasteiger partial charge in [-0.15, -0.1) is 0 Å². The Kier molecular flexibility index (Phi) is 5.72. The highest BCUT2D eigenvalue weighted by Gasteiger charge is 2.22. The Bertz CT molecular complexity index is 1120. The fourth-order valence-electron chi connectivity index (χ4n) is 2.51. The molecule has 0 saturated heterocycles. The van der Waals surface area contributed by atoms with Crippen LogP contribution >= 0.6 is 0 Å². The number of anilines is 1. The fourth-order valence-corrected chi connectivity index (χ4v) is 2.51. The van der Waals surface area contributed by atoms with E-state index in [0.29, 0.717) is 11.3 Å². The molecule has 2 aromatic carbocycles. The number of nitrogens with zero attached hydrogens (tertiary/aromatic N) is 1. The fraction of sp³-hybridized carbons (Fsp3) is 0.105. The van der Waals surface area contributed by atoms with Crippen molar-refractivity contribution in [3.05, 3.63) is 86.9 Å². The molecular weight excluding hydrogens is 412 g/mol. The second-order valence-corrected chi connectivity index (χ2v) is 6.06. The quantitative estimate of drug-likeness (QED) is 0.263. The van der Waals surface area contributed by atoms with E-state index < -0.39 is 45.5 Å². The summed E-state index contributed by atoms with van der Waals surface area (Å²) in [5, 5.41) is 12.5. The molecule has 0 unspecified atom stereocenters. The van der Waals surface area contributed by atoms with Gasteiger partial charge >= 0.3 is 0 Å². The molecule has 0 spiro atoms. The number of rotatable bonds is 6. The van der Waals surface area contributed by atoms with Crippen LogP contribution in [0.15, 0.2) is 40.8 Å². The van der Waals surface area contributed by atoms with Gasteiger partial charge < -0.3 is 14.5 Å². The molecule has 1 heterocycles. The lowest BCUT2D eigenvalue weighted by atomic mass is 10.2. The van der Waals surface area contributed by atoms with Crippen molar-refractivity contribution < 1.29 is 36.4 Å². The van der Waals surface area contributed by atoms with Crippen LogP contribution in [0.3, 0.4) is 0 Å². The maximum atomic E-state index is 13.7. The van der Waals surface area contributed by atoms with Crippen molar-refractivity contribution in [2.45, 2.75) is 13.5 Å². The molecule has 11 heteroatoms. The summed E-state index contributed by atoms with van der Waals surface area (Å²) in [6.45, 7) is 1.37. The van der Waals surface area contributed by atoms with Gasteiger partial charge in [0, 0.05) is 17.7 Å². The summed E-state index contributed by atoms with van der Waals surface area (Å²) in [4.78, 5) is 22.4. The lowest BCUT2D eigenvalue weighted by molar-refractivity contribution is -0.385. The van der Waals surface area contributed by atoms with Gasteiger partial charge in [-0.05, 0) is 31.2 Å². The lowest BCUT2D eigenvalue weighted by Gasteiger charge is -2.08. The van der Waals surface area contributed by atoms with Gasteiger partial charge in [0.15, 0.2) is 29.0 Å². The minimum atomic E-state index is -1.76. The standard InChI is InChI=1S/C19H12F4N2O5/c1-9-6-10(2-4-14(9)25(27)28)29-8-11-3-5-15(30-11)19(26)24-18-16(22)12(20)7-13(21)17(18)23/h2-7H,8H2,1H3,(H,24,26). The van der Waals surface area contributed by atoms with Crippen LogP contribution in [0.2, 0.25) is 0 Å². The third kappa shape index (κ3) is 4.24. The summed E-state index contributed by atoms with van der Waals surface area (Å²) >= 11 is 0. The lowest BCUT2D eigenvalue weighted by Crippen LogP contribution is -2.15. The third-order valence-corrected chi connectivity index (χ3v) is 3.98. The number of carbonyl (C=O) groups is 1. The Hall–Kier alpha value is -3.89. The van der Waals surface area contributed by atoms with Crippen LogP contribution in [-0.2, 0) is 6.61 Å². The molecule has 30 heavy (non-hydrogen) atoms. The van der Waals surface area contributed by atoms with Crippen LogP contribution in [0.4, 0.5) is 28.9 Å². The number of ether oxygens (including phenoxy) is 1. The zero-order valence-electron chi connectivity index (χ0n) is 15.2. The van der Waals surface area contributed by atoms with Gasteiger partial charge in [-0.25, -0.2) is 17.6 Å². The predicted octanol–water partition coefficient (Wildman–Crippen LogP) is 4.88. The molecule has 1 aromatic heterocycles. The molecule has 1 amide bonds. The maximum Gasteiger partial charge on any atom is 0.291 e. The molecule has 0 saturated carbocycles. The van der Waals surface area contributed by atoms with Crippen molar-refractivity contribution >= 4 is 17.3 Å². The molecular formula is C19H12F4N2O5.